The van der Waals surface area contributed by atoms with Crippen LogP contribution in [0.25, 0.3) is 0 Å². The normalized spacial score (nSPS) is 11.8. The average Bonchev–Trinajstić information content (AvgIpc) is 2.39. The van der Waals surface area contributed by atoms with Crippen molar-refractivity contribution in [3.05, 3.63) is 17.3 Å². The summed E-state index contributed by atoms with van der Waals surface area (Å²) in [5.41, 5.74) is 2.28. The summed E-state index contributed by atoms with van der Waals surface area (Å²) in [4.78, 5) is 3.88. The lowest BCUT2D eigenvalue weighted by Gasteiger charge is -2.20. The number of nitrogens with one attached hydrogen (secondary N) is 1. The van der Waals surface area contributed by atoms with E-state index in [-0.39, 0.29) is 22.3 Å². The second-order valence-electron chi connectivity index (χ2n) is 3.64. The Hall–Kier alpha value is -0.930. The number of nitrogens with zero attached hydrogens (tertiary/aromatic N) is 2. The van der Waals surface area contributed by atoms with Crippen LogP contribution in [-0.4, -0.2) is 44.5 Å². The van der Waals surface area contributed by atoms with Crippen LogP contribution in [0.15, 0.2) is 17.2 Å². The number of rotatable bonds is 7. The number of hydrazine groups is 1. The van der Waals surface area contributed by atoms with E-state index in [0.29, 0.717) is 13.2 Å². The Morgan fingerprint density at radius 2 is 2.26 bits per heavy atom. The average molecular weight is 309 g/mol. The molecule has 1 heterocycles. The van der Waals surface area contributed by atoms with Crippen molar-refractivity contribution in [2.45, 2.75) is 11.8 Å². The van der Waals surface area contributed by atoms with Crippen LogP contribution in [0.3, 0.4) is 0 Å². The first-order chi connectivity index (χ1) is 8.97. The van der Waals surface area contributed by atoms with Crippen LogP contribution in [0.1, 0.15) is 6.92 Å². The van der Waals surface area contributed by atoms with Crippen LogP contribution < -0.4 is 11.3 Å². The van der Waals surface area contributed by atoms with Crippen LogP contribution in [0.4, 0.5) is 5.82 Å². The molecular weight excluding hydrogens is 292 g/mol. The molecule has 0 aliphatic rings. The van der Waals surface area contributed by atoms with Crippen LogP contribution in [0.5, 0.6) is 0 Å². The molecule has 0 unspecified atom stereocenters. The highest BCUT2D eigenvalue weighted by atomic mass is 35.5. The van der Waals surface area contributed by atoms with Gasteiger partial charge in [-0.3, -0.25) is 0 Å². The van der Waals surface area contributed by atoms with Gasteiger partial charge in [0.1, 0.15) is 4.90 Å². The zero-order valence-electron chi connectivity index (χ0n) is 10.8. The lowest BCUT2D eigenvalue weighted by molar-refractivity contribution is 0.180. The van der Waals surface area contributed by atoms with Gasteiger partial charge in [0.25, 0.3) is 0 Å². The number of pyridine rings is 1. The highest BCUT2D eigenvalue weighted by Gasteiger charge is 2.24. The predicted molar refractivity (Wildman–Crippen MR) is 73.4 cm³/mol. The van der Waals surface area contributed by atoms with Gasteiger partial charge in [0.2, 0.25) is 10.0 Å². The van der Waals surface area contributed by atoms with E-state index in [4.69, 9.17) is 22.2 Å². The third kappa shape index (κ3) is 3.77. The van der Waals surface area contributed by atoms with E-state index in [1.807, 2.05) is 0 Å². The van der Waals surface area contributed by atoms with E-state index in [1.54, 1.807) is 6.92 Å². The number of nitrogen functional groups attached to an aromatic ring is 1. The van der Waals surface area contributed by atoms with Crippen molar-refractivity contribution in [2.24, 2.45) is 5.84 Å². The molecule has 9 heteroatoms. The summed E-state index contributed by atoms with van der Waals surface area (Å²) >= 11 is 5.88. The molecule has 0 aromatic carbocycles. The molecule has 0 spiro atoms. The molecule has 0 aliphatic heterocycles. The van der Waals surface area contributed by atoms with E-state index in [9.17, 15) is 8.42 Å². The summed E-state index contributed by atoms with van der Waals surface area (Å²) in [7, 11) is -2.12. The van der Waals surface area contributed by atoms with Crippen molar-refractivity contribution in [1.82, 2.24) is 9.29 Å². The minimum Gasteiger partial charge on any atom is -0.383 e. The smallest absolute Gasteiger partial charge is 0.244 e. The van der Waals surface area contributed by atoms with Crippen molar-refractivity contribution in [3.8, 4) is 0 Å². The number of aromatic nitrogens is 1. The van der Waals surface area contributed by atoms with Gasteiger partial charge in [-0.25, -0.2) is 19.2 Å². The van der Waals surface area contributed by atoms with Crippen LogP contribution in [0, 0.1) is 0 Å². The Bertz CT molecular complexity index is 524. The van der Waals surface area contributed by atoms with Crippen LogP contribution in [0.2, 0.25) is 5.02 Å². The first kappa shape index (κ1) is 16.1. The van der Waals surface area contributed by atoms with Crippen molar-refractivity contribution >= 4 is 27.4 Å². The van der Waals surface area contributed by atoms with Gasteiger partial charge >= 0.3 is 0 Å². The van der Waals surface area contributed by atoms with E-state index in [2.05, 4.69) is 10.4 Å². The number of anilines is 1. The molecule has 0 saturated heterocycles. The Balaban J connectivity index is 3.07. The van der Waals surface area contributed by atoms with Gasteiger partial charge < -0.3 is 10.2 Å². The monoisotopic (exact) mass is 308 g/mol. The Kier molecular flexibility index (Phi) is 5.95. The van der Waals surface area contributed by atoms with E-state index < -0.39 is 10.0 Å². The molecule has 0 radical (unpaired) electrons. The number of methoxy groups -OCH3 is 1. The predicted octanol–water partition coefficient (Wildman–Crippen LogP) is 0.678. The lowest BCUT2D eigenvalue weighted by atomic mass is 10.5. The number of ether oxygens (including phenoxy) is 1. The first-order valence-corrected chi connectivity index (χ1v) is 7.40. The maximum Gasteiger partial charge on any atom is 0.244 e. The highest BCUT2D eigenvalue weighted by Crippen LogP contribution is 2.23. The zero-order chi connectivity index (χ0) is 14.5. The fourth-order valence-corrected chi connectivity index (χ4v) is 3.15. The Labute approximate surface area is 117 Å². The quantitative estimate of drug-likeness (QED) is 0.568. The number of hydrogen-bond donors (Lipinski definition) is 2. The zero-order valence-corrected chi connectivity index (χ0v) is 12.3. The third-order valence-corrected chi connectivity index (χ3v) is 4.72. The first-order valence-electron chi connectivity index (χ1n) is 5.58. The van der Waals surface area contributed by atoms with E-state index in [0.717, 1.165) is 0 Å². The number of nitrogens with two attached hydrogens (primary N) is 1. The fraction of sp³-hybridized carbons (Fsp3) is 0.500. The largest absolute Gasteiger partial charge is 0.383 e. The minimum atomic E-state index is -3.63. The molecule has 19 heavy (non-hydrogen) atoms. The third-order valence-electron chi connectivity index (χ3n) is 2.49. The molecular formula is C10H17ClN4O3S. The molecule has 1 aromatic rings. The number of halogens is 1. The second-order valence-corrected chi connectivity index (χ2v) is 5.98. The molecule has 1 aromatic heterocycles. The van der Waals surface area contributed by atoms with Crippen LogP contribution in [-0.2, 0) is 14.8 Å². The number of likely N-dealkylation sites (N-methyl/N-ethyl adjacent to an activating group) is 1. The topological polar surface area (TPSA) is 97.5 Å². The van der Waals surface area contributed by atoms with Crippen LogP contribution >= 0.6 is 11.6 Å². The molecule has 0 atom stereocenters. The van der Waals surface area contributed by atoms with E-state index >= 15 is 0 Å². The summed E-state index contributed by atoms with van der Waals surface area (Å²) in [6.45, 7) is 2.67. The molecule has 0 fully saturated rings. The maximum absolute atomic E-state index is 12.3. The van der Waals surface area contributed by atoms with Gasteiger partial charge in [0, 0.05) is 26.4 Å². The number of sulfonamides is 1. The summed E-state index contributed by atoms with van der Waals surface area (Å²) in [5.74, 6) is 5.41. The minimum absolute atomic E-state index is 0.0226. The van der Waals surface area contributed by atoms with Crippen molar-refractivity contribution in [3.63, 3.8) is 0 Å². The molecule has 0 amide bonds. The van der Waals surface area contributed by atoms with E-state index in [1.165, 1.54) is 23.7 Å². The van der Waals surface area contributed by atoms with Crippen molar-refractivity contribution in [1.29, 1.82) is 0 Å². The Morgan fingerprint density at radius 1 is 1.58 bits per heavy atom. The highest BCUT2D eigenvalue weighted by molar-refractivity contribution is 7.89. The SMILES string of the molecule is CCN(CCOC)S(=O)(=O)c1cnc(NN)c(Cl)c1. The summed E-state index contributed by atoms with van der Waals surface area (Å²) in [6, 6.07) is 1.31. The molecule has 0 saturated carbocycles. The molecule has 1 rings (SSSR count). The van der Waals surface area contributed by atoms with Gasteiger partial charge in [-0.05, 0) is 6.07 Å². The summed E-state index contributed by atoms with van der Waals surface area (Å²) in [6.07, 6.45) is 1.21. The lowest BCUT2D eigenvalue weighted by Crippen LogP contribution is -2.33. The Morgan fingerprint density at radius 3 is 2.74 bits per heavy atom. The molecule has 7 nitrogen and oxygen atoms in total. The van der Waals surface area contributed by atoms with Gasteiger partial charge in [0.15, 0.2) is 5.82 Å². The van der Waals surface area contributed by atoms with Crippen molar-refractivity contribution in [2.75, 3.05) is 32.2 Å². The number of hydrogen-bond acceptors (Lipinski definition) is 6. The second kappa shape index (κ2) is 7.01. The fourth-order valence-electron chi connectivity index (χ4n) is 1.46. The van der Waals surface area contributed by atoms with Gasteiger partial charge in [-0.15, -0.1) is 0 Å². The maximum atomic E-state index is 12.3. The molecule has 108 valence electrons. The van der Waals surface area contributed by atoms with Gasteiger partial charge in [0.05, 0.1) is 11.6 Å². The summed E-state index contributed by atoms with van der Waals surface area (Å²) < 4.78 is 30.9. The molecule has 0 bridgehead atoms. The molecule has 0 aliphatic carbocycles. The summed E-state index contributed by atoms with van der Waals surface area (Å²) in [5, 5.41) is 0.145. The standard InChI is InChI=1S/C10H17ClN4O3S/c1-3-15(4-5-18-2)19(16,17)8-6-9(11)10(14-12)13-7-8/h6-7H,3-5,12H2,1-2H3,(H,13,14). The van der Waals surface area contributed by atoms with Crippen molar-refractivity contribution < 1.29 is 13.2 Å². The van der Waals surface area contributed by atoms with Gasteiger partial charge in [-0.2, -0.15) is 4.31 Å². The van der Waals surface area contributed by atoms with Gasteiger partial charge in [-0.1, -0.05) is 18.5 Å². The molecule has 3 N–H and O–H groups in total.